The second-order valence-corrected chi connectivity index (χ2v) is 10.7. The Morgan fingerprint density at radius 3 is 2.74 bits per heavy atom. The van der Waals surface area contributed by atoms with Crippen molar-refractivity contribution in [2.45, 2.75) is 64.5 Å². The van der Waals surface area contributed by atoms with Gasteiger partial charge in [0.15, 0.2) is 0 Å². The Morgan fingerprint density at radius 2 is 2.00 bits per heavy atom. The van der Waals surface area contributed by atoms with Gasteiger partial charge in [-0.3, -0.25) is 9.69 Å². The molecule has 0 bridgehead atoms. The van der Waals surface area contributed by atoms with Gasteiger partial charge >= 0.3 is 0 Å². The highest BCUT2D eigenvalue weighted by Gasteiger charge is 2.30. The number of aryl methyl sites for hydroxylation is 1. The Hall–Kier alpha value is -1.77. The Balaban J connectivity index is 1.17. The lowest BCUT2D eigenvalue weighted by molar-refractivity contribution is -0.126. The van der Waals surface area contributed by atoms with Crippen LogP contribution in [0.3, 0.4) is 0 Å². The van der Waals surface area contributed by atoms with E-state index in [1.807, 2.05) is 18.3 Å². The first-order valence-electron chi connectivity index (χ1n) is 11.8. The fraction of sp³-hybridized carbons (Fsp3) is 0.696. The summed E-state index contributed by atoms with van der Waals surface area (Å²) >= 11 is 1.82. The van der Waals surface area contributed by atoms with Crippen molar-refractivity contribution >= 4 is 33.3 Å². The molecule has 1 saturated carbocycles. The maximum absolute atomic E-state index is 12.3. The third-order valence-corrected chi connectivity index (χ3v) is 8.29. The molecule has 5 rings (SSSR count). The molecule has 3 N–H and O–H groups in total. The van der Waals surface area contributed by atoms with Gasteiger partial charge in [0.25, 0.3) is 0 Å². The number of piperazine rings is 1. The smallest absolute Gasteiger partial charge is 0.237 e. The van der Waals surface area contributed by atoms with Crippen molar-refractivity contribution in [1.82, 2.24) is 25.1 Å². The first kappa shape index (κ1) is 21.1. The molecule has 8 heteroatoms. The molecule has 2 atom stereocenters. The number of rotatable bonds is 6. The van der Waals surface area contributed by atoms with Gasteiger partial charge in [-0.15, -0.1) is 11.3 Å². The summed E-state index contributed by atoms with van der Waals surface area (Å²) in [6.45, 7) is 9.10. The second-order valence-electron chi connectivity index (χ2n) is 9.64. The van der Waals surface area contributed by atoms with Crippen LogP contribution in [-0.2, 0) is 24.1 Å². The number of hydrogen-bond donors (Lipinski definition) is 2. The van der Waals surface area contributed by atoms with Crippen LogP contribution < -0.4 is 11.1 Å². The van der Waals surface area contributed by atoms with Gasteiger partial charge in [-0.1, -0.05) is 6.92 Å². The van der Waals surface area contributed by atoms with Gasteiger partial charge < -0.3 is 16.0 Å². The molecule has 31 heavy (non-hydrogen) atoms. The lowest BCUT2D eigenvalue weighted by Crippen LogP contribution is -2.54. The van der Waals surface area contributed by atoms with Crippen LogP contribution in [0.25, 0.3) is 10.2 Å². The lowest BCUT2D eigenvalue weighted by Gasteiger charge is -2.37. The average Bonchev–Trinajstić information content (AvgIpc) is 3.49. The van der Waals surface area contributed by atoms with Crippen LogP contribution in [0.2, 0.25) is 0 Å². The zero-order valence-electron chi connectivity index (χ0n) is 18.7. The summed E-state index contributed by atoms with van der Waals surface area (Å²) < 4.78 is 0. The molecule has 0 radical (unpaired) electrons. The van der Waals surface area contributed by atoms with Crippen molar-refractivity contribution < 1.29 is 4.79 Å². The molecule has 3 aliphatic rings. The van der Waals surface area contributed by atoms with E-state index in [9.17, 15) is 4.79 Å². The molecule has 1 aliphatic heterocycles. The fourth-order valence-electron chi connectivity index (χ4n) is 4.88. The minimum absolute atomic E-state index is 0.0409. The zero-order valence-corrected chi connectivity index (χ0v) is 19.5. The molecule has 1 amide bonds. The number of anilines is 1. The van der Waals surface area contributed by atoms with Gasteiger partial charge in [0, 0.05) is 50.1 Å². The molecular formula is C23H34N6OS. The van der Waals surface area contributed by atoms with Gasteiger partial charge in [-0.05, 0) is 50.5 Å². The van der Waals surface area contributed by atoms with Crippen LogP contribution in [-0.4, -0.2) is 70.5 Å². The summed E-state index contributed by atoms with van der Waals surface area (Å²) in [6.07, 6.45) is 6.57. The number of hydrogen-bond acceptors (Lipinski definition) is 7. The number of nitrogens with two attached hydrogens (primary N) is 1. The number of thiophene rings is 1. The largest absolute Gasteiger partial charge is 0.383 e. The summed E-state index contributed by atoms with van der Waals surface area (Å²) in [6, 6.07) is 0.388. The number of carbonyl (C=O) groups excluding carboxylic acids is 1. The molecule has 3 heterocycles. The van der Waals surface area contributed by atoms with E-state index >= 15 is 0 Å². The van der Waals surface area contributed by atoms with E-state index in [1.165, 1.54) is 16.9 Å². The van der Waals surface area contributed by atoms with E-state index in [1.54, 1.807) is 0 Å². The zero-order chi connectivity index (χ0) is 21.5. The minimum Gasteiger partial charge on any atom is -0.383 e. The van der Waals surface area contributed by atoms with Crippen LogP contribution >= 0.6 is 11.3 Å². The first-order chi connectivity index (χ1) is 15.0. The van der Waals surface area contributed by atoms with E-state index < -0.39 is 0 Å². The molecule has 1 saturated heterocycles. The molecule has 168 valence electrons. The maximum atomic E-state index is 12.3. The van der Waals surface area contributed by atoms with Crippen molar-refractivity contribution in [2.24, 2.45) is 5.92 Å². The third kappa shape index (κ3) is 4.56. The average molecular weight is 443 g/mol. The van der Waals surface area contributed by atoms with Crippen LogP contribution in [0, 0.1) is 5.92 Å². The number of fused-ring (bicyclic) bond motifs is 3. The predicted molar refractivity (Wildman–Crippen MR) is 125 cm³/mol. The Labute approximate surface area is 188 Å². The molecule has 0 aromatic carbocycles. The van der Waals surface area contributed by atoms with E-state index in [4.69, 9.17) is 10.7 Å². The monoisotopic (exact) mass is 442 g/mol. The number of aromatic nitrogens is 2. The van der Waals surface area contributed by atoms with Crippen molar-refractivity contribution in [2.75, 3.05) is 38.5 Å². The molecule has 2 aromatic rings. The van der Waals surface area contributed by atoms with Crippen LogP contribution in [0.15, 0.2) is 0 Å². The van der Waals surface area contributed by atoms with Crippen molar-refractivity contribution in [1.29, 1.82) is 0 Å². The molecule has 2 unspecified atom stereocenters. The van der Waals surface area contributed by atoms with E-state index in [-0.39, 0.29) is 11.9 Å². The molecule has 2 fully saturated rings. The summed E-state index contributed by atoms with van der Waals surface area (Å²) in [7, 11) is 0. The molecule has 7 nitrogen and oxygen atoms in total. The molecule has 2 aliphatic carbocycles. The Kier molecular flexibility index (Phi) is 5.88. The Morgan fingerprint density at radius 1 is 1.23 bits per heavy atom. The van der Waals surface area contributed by atoms with Crippen LogP contribution in [0.4, 0.5) is 5.82 Å². The quantitative estimate of drug-likeness (QED) is 0.713. The Bertz CT molecular complexity index is 963. The predicted octanol–water partition coefficient (Wildman–Crippen LogP) is 2.23. The van der Waals surface area contributed by atoms with E-state index in [2.05, 4.69) is 27.0 Å². The molecule has 0 spiro atoms. The van der Waals surface area contributed by atoms with Gasteiger partial charge in [0.1, 0.15) is 16.5 Å². The van der Waals surface area contributed by atoms with Gasteiger partial charge in [-0.25, -0.2) is 9.97 Å². The third-order valence-electron chi connectivity index (χ3n) is 7.14. The number of amides is 1. The summed E-state index contributed by atoms with van der Waals surface area (Å²) in [5.41, 5.74) is 7.79. The minimum atomic E-state index is -0.0409. The van der Waals surface area contributed by atoms with Crippen molar-refractivity contribution in [3.63, 3.8) is 0 Å². The van der Waals surface area contributed by atoms with Crippen LogP contribution in [0.1, 0.15) is 49.4 Å². The molecule has 2 aromatic heterocycles. The number of nitrogens with one attached hydrogen (secondary N) is 1. The van der Waals surface area contributed by atoms with Gasteiger partial charge in [0.05, 0.1) is 11.4 Å². The van der Waals surface area contributed by atoms with Crippen molar-refractivity contribution in [3.05, 3.63) is 16.3 Å². The standard InChI is InChI=1S/C23H34N6OS/c1-14-3-6-17-18(13-14)31-23-20(17)21(24)26-19(27-23)7-8-28-9-11-29(12-10-28)15(2)22(30)25-16-4-5-16/h14-16H,3-13H2,1-2H3,(H,25,30)(H2,24,26,27). The number of carbonyl (C=O) groups is 1. The number of nitrogen functional groups attached to an aromatic ring is 1. The summed E-state index contributed by atoms with van der Waals surface area (Å²) in [5.74, 6) is 2.44. The highest BCUT2D eigenvalue weighted by atomic mass is 32.1. The van der Waals surface area contributed by atoms with Gasteiger partial charge in [0.2, 0.25) is 5.91 Å². The summed E-state index contributed by atoms with van der Waals surface area (Å²) in [5, 5.41) is 4.24. The van der Waals surface area contributed by atoms with E-state index in [0.717, 1.165) is 86.8 Å². The number of nitrogens with zero attached hydrogens (tertiary/aromatic N) is 4. The van der Waals surface area contributed by atoms with Gasteiger partial charge in [-0.2, -0.15) is 0 Å². The highest BCUT2D eigenvalue weighted by molar-refractivity contribution is 7.19. The van der Waals surface area contributed by atoms with Crippen LogP contribution in [0.5, 0.6) is 0 Å². The second kappa shape index (κ2) is 8.64. The first-order valence-corrected chi connectivity index (χ1v) is 12.6. The fourth-order valence-corrected chi connectivity index (χ4v) is 6.29. The highest BCUT2D eigenvalue weighted by Crippen LogP contribution is 2.39. The normalized spacial score (nSPS) is 23.6. The lowest BCUT2D eigenvalue weighted by atomic mass is 9.89. The van der Waals surface area contributed by atoms with E-state index in [0.29, 0.717) is 11.9 Å². The summed E-state index contributed by atoms with van der Waals surface area (Å²) in [4.78, 5) is 29.2. The molecular weight excluding hydrogens is 408 g/mol. The maximum Gasteiger partial charge on any atom is 0.237 e. The van der Waals surface area contributed by atoms with Crippen molar-refractivity contribution in [3.8, 4) is 0 Å². The topological polar surface area (TPSA) is 87.4 Å². The SMILES string of the molecule is CC1CCc2c(sc3nc(CCN4CCN(C(C)C(=O)NC5CC5)CC4)nc(N)c23)C1.